The quantitative estimate of drug-likeness (QED) is 0.717. The molecule has 134 valence electrons. The molecule has 0 bridgehead atoms. The number of benzene rings is 1. The van der Waals surface area contributed by atoms with Crippen LogP contribution in [0.2, 0.25) is 0 Å². The second-order valence-electron chi connectivity index (χ2n) is 6.67. The van der Waals surface area contributed by atoms with Crippen molar-refractivity contribution in [3.8, 4) is 17.0 Å². The molecule has 0 saturated carbocycles. The van der Waals surface area contributed by atoms with Gasteiger partial charge < -0.3 is 9.64 Å². The summed E-state index contributed by atoms with van der Waals surface area (Å²) < 4.78 is 7.26. The number of hydrogen-bond donors (Lipinski definition) is 0. The van der Waals surface area contributed by atoms with Gasteiger partial charge in [0.1, 0.15) is 11.4 Å². The number of pyridine rings is 1. The van der Waals surface area contributed by atoms with Gasteiger partial charge in [-0.25, -0.2) is 4.98 Å². The number of carbonyl (C=O) groups excluding carboxylic acids is 1. The molecule has 3 aromatic rings. The molecule has 2 aromatic heterocycles. The lowest BCUT2D eigenvalue weighted by Gasteiger charge is -2.19. The summed E-state index contributed by atoms with van der Waals surface area (Å²) in [5, 5.41) is 0. The van der Waals surface area contributed by atoms with Crippen LogP contribution in [0.5, 0.6) is 5.75 Å². The lowest BCUT2D eigenvalue weighted by atomic mass is 10.1. The predicted molar refractivity (Wildman–Crippen MR) is 102 cm³/mol. The molecule has 26 heavy (non-hydrogen) atoms. The molecule has 1 aliphatic heterocycles. The summed E-state index contributed by atoms with van der Waals surface area (Å²) in [7, 11) is 1.65. The first-order valence-electron chi connectivity index (χ1n) is 9.19. The Morgan fingerprint density at radius 2 is 1.73 bits per heavy atom. The Morgan fingerprint density at radius 1 is 1.00 bits per heavy atom. The van der Waals surface area contributed by atoms with Crippen LogP contribution in [-0.4, -0.2) is 40.4 Å². The van der Waals surface area contributed by atoms with Crippen LogP contribution in [-0.2, 0) is 0 Å². The summed E-state index contributed by atoms with van der Waals surface area (Å²) in [6.07, 6.45) is 6.48. The normalized spacial score (nSPS) is 15.0. The summed E-state index contributed by atoms with van der Waals surface area (Å²) in [6, 6.07) is 13.6. The highest BCUT2D eigenvalue weighted by molar-refractivity contribution is 5.99. The van der Waals surface area contributed by atoms with E-state index in [1.165, 1.54) is 12.8 Å². The van der Waals surface area contributed by atoms with E-state index < -0.39 is 0 Å². The van der Waals surface area contributed by atoms with Gasteiger partial charge in [-0.05, 0) is 49.2 Å². The smallest absolute Gasteiger partial charge is 0.274 e. The highest BCUT2D eigenvalue weighted by atomic mass is 16.5. The van der Waals surface area contributed by atoms with Gasteiger partial charge in [-0.3, -0.25) is 9.20 Å². The number of ether oxygens (including phenoxy) is 1. The van der Waals surface area contributed by atoms with Gasteiger partial charge in [-0.15, -0.1) is 0 Å². The standard InChI is InChI=1S/C21H23N3O2/c1-26-17-11-9-16(10-12-17)20-19(22-18-8-4-7-15-24(18)20)21(25)23-13-5-2-3-6-14-23/h4,7-12,15H,2-3,5-6,13-14H2,1H3. The topological polar surface area (TPSA) is 46.8 Å². The van der Waals surface area contributed by atoms with E-state index in [1.54, 1.807) is 7.11 Å². The van der Waals surface area contributed by atoms with Crippen molar-refractivity contribution in [1.29, 1.82) is 0 Å². The summed E-state index contributed by atoms with van der Waals surface area (Å²) >= 11 is 0. The Morgan fingerprint density at radius 3 is 2.42 bits per heavy atom. The molecule has 1 amide bonds. The second-order valence-corrected chi connectivity index (χ2v) is 6.67. The number of hydrogen-bond acceptors (Lipinski definition) is 3. The van der Waals surface area contributed by atoms with Crippen molar-refractivity contribution < 1.29 is 9.53 Å². The Balaban J connectivity index is 1.81. The largest absolute Gasteiger partial charge is 0.497 e. The molecule has 0 radical (unpaired) electrons. The fourth-order valence-corrected chi connectivity index (χ4v) is 3.59. The SMILES string of the molecule is COc1ccc(-c2c(C(=O)N3CCCCCC3)nc3ccccn23)cc1. The summed E-state index contributed by atoms with van der Waals surface area (Å²) in [4.78, 5) is 19.9. The van der Waals surface area contributed by atoms with Gasteiger partial charge in [0, 0.05) is 24.8 Å². The van der Waals surface area contributed by atoms with Gasteiger partial charge in [-0.2, -0.15) is 0 Å². The van der Waals surface area contributed by atoms with Crippen LogP contribution < -0.4 is 4.74 Å². The molecule has 4 rings (SSSR count). The van der Waals surface area contributed by atoms with Crippen LogP contribution in [0.15, 0.2) is 48.7 Å². The molecule has 1 aliphatic rings. The van der Waals surface area contributed by atoms with E-state index in [1.807, 2.05) is 58.0 Å². The van der Waals surface area contributed by atoms with Crippen molar-refractivity contribution in [2.24, 2.45) is 0 Å². The maximum Gasteiger partial charge on any atom is 0.274 e. The number of rotatable bonds is 3. The van der Waals surface area contributed by atoms with Crippen LogP contribution in [0.1, 0.15) is 36.2 Å². The minimum atomic E-state index is 0.0291. The van der Waals surface area contributed by atoms with Crippen LogP contribution in [0.3, 0.4) is 0 Å². The number of likely N-dealkylation sites (tertiary alicyclic amines) is 1. The fourth-order valence-electron chi connectivity index (χ4n) is 3.59. The Hall–Kier alpha value is -2.82. The lowest BCUT2D eigenvalue weighted by Crippen LogP contribution is -2.32. The van der Waals surface area contributed by atoms with Gasteiger partial charge in [0.15, 0.2) is 5.69 Å². The molecule has 0 aliphatic carbocycles. The van der Waals surface area contributed by atoms with E-state index in [2.05, 4.69) is 4.98 Å². The zero-order chi connectivity index (χ0) is 17.9. The first-order valence-corrected chi connectivity index (χ1v) is 9.19. The Kier molecular flexibility index (Phi) is 4.61. The van der Waals surface area contributed by atoms with E-state index in [0.717, 1.165) is 48.6 Å². The highest BCUT2D eigenvalue weighted by Gasteiger charge is 2.25. The number of fused-ring (bicyclic) bond motifs is 1. The minimum absolute atomic E-state index is 0.0291. The number of aromatic nitrogens is 2. The van der Waals surface area contributed by atoms with Crippen molar-refractivity contribution in [2.45, 2.75) is 25.7 Å². The first-order chi connectivity index (χ1) is 12.8. The second kappa shape index (κ2) is 7.20. The van der Waals surface area contributed by atoms with Crippen molar-refractivity contribution in [1.82, 2.24) is 14.3 Å². The van der Waals surface area contributed by atoms with Crippen LogP contribution >= 0.6 is 0 Å². The zero-order valence-corrected chi connectivity index (χ0v) is 15.0. The minimum Gasteiger partial charge on any atom is -0.497 e. The van der Waals surface area contributed by atoms with Crippen LogP contribution in [0, 0.1) is 0 Å². The zero-order valence-electron chi connectivity index (χ0n) is 15.0. The van der Waals surface area contributed by atoms with Gasteiger partial charge in [0.25, 0.3) is 5.91 Å². The molecule has 1 fully saturated rings. The van der Waals surface area contributed by atoms with Gasteiger partial charge in [0.2, 0.25) is 0 Å². The molecular weight excluding hydrogens is 326 g/mol. The highest BCUT2D eigenvalue weighted by Crippen LogP contribution is 2.28. The van der Waals surface area contributed by atoms with E-state index >= 15 is 0 Å². The van der Waals surface area contributed by atoms with Crippen LogP contribution in [0.4, 0.5) is 0 Å². The van der Waals surface area contributed by atoms with Gasteiger partial charge in [-0.1, -0.05) is 18.9 Å². The lowest BCUT2D eigenvalue weighted by molar-refractivity contribution is 0.0757. The molecule has 3 heterocycles. The third-order valence-corrected chi connectivity index (χ3v) is 4.99. The van der Waals surface area contributed by atoms with E-state index in [-0.39, 0.29) is 5.91 Å². The summed E-state index contributed by atoms with van der Waals surface area (Å²) in [6.45, 7) is 1.63. The molecule has 0 unspecified atom stereocenters. The third kappa shape index (κ3) is 3.05. The maximum atomic E-state index is 13.3. The van der Waals surface area contributed by atoms with Gasteiger partial charge in [0.05, 0.1) is 12.8 Å². The van der Waals surface area contributed by atoms with Crippen LogP contribution in [0.25, 0.3) is 16.9 Å². The maximum absolute atomic E-state index is 13.3. The van der Waals surface area contributed by atoms with Gasteiger partial charge >= 0.3 is 0 Å². The molecule has 5 heteroatoms. The first kappa shape index (κ1) is 16.6. The van der Waals surface area contributed by atoms with Crippen molar-refractivity contribution in [3.63, 3.8) is 0 Å². The monoisotopic (exact) mass is 349 g/mol. The molecule has 0 atom stereocenters. The average Bonchev–Trinajstić information content (AvgIpc) is 2.86. The van der Waals surface area contributed by atoms with E-state index in [4.69, 9.17) is 4.74 Å². The van der Waals surface area contributed by atoms with Crippen molar-refractivity contribution >= 4 is 11.6 Å². The Bertz CT molecular complexity index is 907. The number of carbonyl (C=O) groups is 1. The number of amides is 1. The molecule has 0 spiro atoms. The predicted octanol–water partition coefficient (Wildman–Crippen LogP) is 4.03. The molecule has 0 N–H and O–H groups in total. The van der Waals surface area contributed by atoms with Crippen molar-refractivity contribution in [2.75, 3.05) is 20.2 Å². The number of imidazole rings is 1. The average molecular weight is 349 g/mol. The molecule has 1 saturated heterocycles. The summed E-state index contributed by atoms with van der Waals surface area (Å²) in [5.74, 6) is 0.824. The van der Waals surface area contributed by atoms with E-state index in [9.17, 15) is 4.79 Å². The number of methoxy groups -OCH3 is 1. The molecule has 1 aromatic carbocycles. The fraction of sp³-hybridized carbons (Fsp3) is 0.333. The number of nitrogens with zero attached hydrogens (tertiary/aromatic N) is 3. The summed E-state index contributed by atoms with van der Waals surface area (Å²) in [5.41, 5.74) is 3.12. The Labute approximate surface area is 153 Å². The third-order valence-electron chi connectivity index (χ3n) is 4.99. The van der Waals surface area contributed by atoms with E-state index in [0.29, 0.717) is 5.69 Å². The molecule has 5 nitrogen and oxygen atoms in total. The molecular formula is C21H23N3O2. The van der Waals surface area contributed by atoms with Crippen molar-refractivity contribution in [3.05, 3.63) is 54.4 Å².